The number of allylic oxidation sites excluding steroid dienone is 8. The second-order valence-corrected chi connectivity index (χ2v) is 6.55. The zero-order valence-corrected chi connectivity index (χ0v) is 16.6. The lowest BCUT2D eigenvalue weighted by atomic mass is 9.85. The van der Waals surface area contributed by atoms with Crippen LogP contribution in [0.15, 0.2) is 51.6 Å². The molecule has 0 aromatic carbocycles. The Kier molecular flexibility index (Phi) is 9.63. The van der Waals surface area contributed by atoms with E-state index in [1.165, 1.54) is 16.7 Å². The molecule has 0 bridgehead atoms. The van der Waals surface area contributed by atoms with Gasteiger partial charge in [-0.25, -0.2) is 0 Å². The van der Waals surface area contributed by atoms with Crippen LogP contribution in [0.4, 0.5) is 0 Å². The van der Waals surface area contributed by atoms with Gasteiger partial charge in [-0.3, -0.25) is 4.99 Å². The molecule has 2 heteroatoms. The van der Waals surface area contributed by atoms with Gasteiger partial charge >= 0.3 is 0 Å². The molecule has 1 aliphatic rings. The van der Waals surface area contributed by atoms with E-state index in [1.54, 1.807) is 5.57 Å². The van der Waals surface area contributed by atoms with Crippen LogP contribution in [0, 0.1) is 5.92 Å². The minimum Gasteiger partial charge on any atom is -0.308 e. The molecule has 2 nitrogen and oxygen atoms in total. The van der Waals surface area contributed by atoms with E-state index in [0.717, 1.165) is 38.8 Å². The molecule has 0 aromatic heterocycles. The largest absolute Gasteiger partial charge is 0.308 e. The highest BCUT2D eigenvalue weighted by Gasteiger charge is 2.19. The van der Waals surface area contributed by atoms with E-state index in [4.69, 9.17) is 0 Å². The van der Waals surface area contributed by atoms with Crippen LogP contribution in [0.3, 0.4) is 0 Å². The zero-order valence-electron chi connectivity index (χ0n) is 16.6. The average Bonchev–Trinajstić information content (AvgIpc) is 3.02. The molecular weight excluding hydrogens is 292 g/mol. The van der Waals surface area contributed by atoms with Crippen molar-refractivity contribution in [2.24, 2.45) is 10.9 Å². The molecule has 1 rings (SSSR count). The Morgan fingerprint density at radius 1 is 1.12 bits per heavy atom. The molecule has 1 unspecified atom stereocenters. The second kappa shape index (κ2) is 11.2. The van der Waals surface area contributed by atoms with Crippen LogP contribution in [0.25, 0.3) is 0 Å². The minimum absolute atomic E-state index is 0.336. The van der Waals surface area contributed by atoms with E-state index in [0.29, 0.717) is 5.92 Å². The van der Waals surface area contributed by atoms with Crippen LogP contribution >= 0.6 is 0 Å². The number of likely N-dealkylation sites (N-methyl/N-ethyl adjacent to an activating group) is 1. The maximum Gasteiger partial charge on any atom is 0.0513 e. The van der Waals surface area contributed by atoms with E-state index in [9.17, 15) is 0 Å². The third kappa shape index (κ3) is 5.90. The van der Waals surface area contributed by atoms with Gasteiger partial charge in [0.15, 0.2) is 0 Å². The standard InChI is InChI=1S/C22H36N2/c1-7-12-18(8-2)20(9-3)21(10-4)22-14-11-13-19(22)17-23-15-16-24(5)6/h11-14,17,19H,7-10,15-16H2,1-6H3/b18-12+,21-20+,23-17?. The van der Waals surface area contributed by atoms with Crippen molar-refractivity contribution in [3.8, 4) is 0 Å². The number of nitrogens with zero attached hydrogens (tertiary/aromatic N) is 2. The molecule has 0 saturated heterocycles. The van der Waals surface area contributed by atoms with Crippen LogP contribution in [-0.4, -0.2) is 38.3 Å². The lowest BCUT2D eigenvalue weighted by Crippen LogP contribution is -2.16. The fourth-order valence-corrected chi connectivity index (χ4v) is 3.32. The molecule has 0 spiro atoms. The highest BCUT2D eigenvalue weighted by Crippen LogP contribution is 2.34. The molecule has 134 valence electrons. The molecule has 1 aliphatic carbocycles. The van der Waals surface area contributed by atoms with Gasteiger partial charge in [-0.15, -0.1) is 0 Å². The zero-order chi connectivity index (χ0) is 17.9. The Morgan fingerprint density at radius 2 is 1.88 bits per heavy atom. The van der Waals surface area contributed by atoms with Gasteiger partial charge in [-0.05, 0) is 62.1 Å². The fourth-order valence-electron chi connectivity index (χ4n) is 3.32. The normalized spacial score (nSPS) is 19.4. The van der Waals surface area contributed by atoms with Gasteiger partial charge in [0.1, 0.15) is 0 Å². The monoisotopic (exact) mass is 328 g/mol. The molecule has 0 saturated carbocycles. The SMILES string of the molecule is CC/C=C(CC)/C(CC)=C(\CC)C1=CC=CC1C=NCCN(C)C. The average molecular weight is 329 g/mol. The Bertz CT molecular complexity index is 530. The van der Waals surface area contributed by atoms with Gasteiger partial charge in [-0.2, -0.15) is 0 Å². The van der Waals surface area contributed by atoms with Crippen molar-refractivity contribution < 1.29 is 0 Å². The summed E-state index contributed by atoms with van der Waals surface area (Å²) < 4.78 is 0. The van der Waals surface area contributed by atoms with Crippen molar-refractivity contribution in [3.63, 3.8) is 0 Å². The van der Waals surface area contributed by atoms with Gasteiger partial charge in [0.2, 0.25) is 0 Å². The molecule has 0 fully saturated rings. The number of rotatable bonds is 10. The van der Waals surface area contributed by atoms with Gasteiger partial charge in [0.25, 0.3) is 0 Å². The Labute approximate surface area is 149 Å². The third-order valence-corrected chi connectivity index (χ3v) is 4.53. The Balaban J connectivity index is 3.04. The lowest BCUT2D eigenvalue weighted by molar-refractivity contribution is 0.420. The smallest absolute Gasteiger partial charge is 0.0513 e. The topological polar surface area (TPSA) is 15.6 Å². The minimum atomic E-state index is 0.336. The first-order valence-corrected chi connectivity index (χ1v) is 9.53. The van der Waals surface area contributed by atoms with Crippen LogP contribution in [0.5, 0.6) is 0 Å². The second-order valence-electron chi connectivity index (χ2n) is 6.55. The molecule has 0 heterocycles. The maximum absolute atomic E-state index is 4.65. The first-order valence-electron chi connectivity index (χ1n) is 9.53. The van der Waals surface area contributed by atoms with Crippen LogP contribution in [0.1, 0.15) is 53.4 Å². The van der Waals surface area contributed by atoms with Gasteiger partial charge in [0, 0.05) is 18.7 Å². The number of hydrogen-bond donors (Lipinski definition) is 0. The van der Waals surface area contributed by atoms with Gasteiger partial charge in [0.05, 0.1) is 6.54 Å². The predicted octanol–water partition coefficient (Wildman–Crippen LogP) is 5.59. The summed E-state index contributed by atoms with van der Waals surface area (Å²) in [5, 5.41) is 0. The van der Waals surface area contributed by atoms with E-state index in [-0.39, 0.29) is 0 Å². The number of hydrogen-bond acceptors (Lipinski definition) is 2. The first kappa shape index (κ1) is 20.6. The van der Waals surface area contributed by atoms with Crippen molar-refractivity contribution >= 4 is 6.21 Å². The van der Waals surface area contributed by atoms with Gasteiger partial charge in [-0.1, -0.05) is 52.0 Å². The summed E-state index contributed by atoms with van der Waals surface area (Å²) in [7, 11) is 4.18. The van der Waals surface area contributed by atoms with Crippen LogP contribution in [0.2, 0.25) is 0 Å². The summed E-state index contributed by atoms with van der Waals surface area (Å²) >= 11 is 0. The summed E-state index contributed by atoms with van der Waals surface area (Å²) in [6, 6.07) is 0. The molecule has 0 amide bonds. The summed E-state index contributed by atoms with van der Waals surface area (Å²) in [6.45, 7) is 10.9. The van der Waals surface area contributed by atoms with Gasteiger partial charge < -0.3 is 4.90 Å². The van der Waals surface area contributed by atoms with Crippen molar-refractivity contribution in [2.45, 2.75) is 53.4 Å². The Hall–Kier alpha value is -1.41. The molecule has 0 aromatic rings. The summed E-state index contributed by atoms with van der Waals surface area (Å²) in [6.07, 6.45) is 15.7. The fraction of sp³-hybridized carbons (Fsp3) is 0.591. The van der Waals surface area contributed by atoms with E-state index in [1.807, 2.05) is 0 Å². The van der Waals surface area contributed by atoms with Crippen LogP contribution in [-0.2, 0) is 0 Å². The van der Waals surface area contributed by atoms with E-state index < -0.39 is 0 Å². The number of aliphatic imine (C=N–C) groups is 1. The summed E-state index contributed by atoms with van der Waals surface area (Å²) in [4.78, 5) is 6.83. The molecule has 24 heavy (non-hydrogen) atoms. The highest BCUT2D eigenvalue weighted by atomic mass is 15.1. The third-order valence-electron chi connectivity index (χ3n) is 4.53. The maximum atomic E-state index is 4.65. The molecule has 0 aliphatic heterocycles. The van der Waals surface area contributed by atoms with E-state index in [2.05, 4.69) is 82.2 Å². The quantitative estimate of drug-likeness (QED) is 0.377. The van der Waals surface area contributed by atoms with Crippen molar-refractivity contribution in [3.05, 3.63) is 46.6 Å². The van der Waals surface area contributed by atoms with Crippen molar-refractivity contribution in [1.29, 1.82) is 0 Å². The lowest BCUT2D eigenvalue weighted by Gasteiger charge is -2.20. The molecule has 0 N–H and O–H groups in total. The van der Waals surface area contributed by atoms with Crippen molar-refractivity contribution in [1.82, 2.24) is 4.90 Å². The molecule has 0 radical (unpaired) electrons. The van der Waals surface area contributed by atoms with Crippen LogP contribution < -0.4 is 0 Å². The molecule has 1 atom stereocenters. The van der Waals surface area contributed by atoms with E-state index >= 15 is 0 Å². The predicted molar refractivity (Wildman–Crippen MR) is 109 cm³/mol. The summed E-state index contributed by atoms with van der Waals surface area (Å²) in [5.41, 5.74) is 6.03. The first-order chi connectivity index (χ1) is 11.6. The molecular formula is C22H36N2. The highest BCUT2D eigenvalue weighted by molar-refractivity contribution is 5.73. The van der Waals surface area contributed by atoms with Crippen molar-refractivity contribution in [2.75, 3.05) is 27.2 Å². The summed E-state index contributed by atoms with van der Waals surface area (Å²) in [5.74, 6) is 0.336. The Morgan fingerprint density at radius 3 is 2.42 bits per heavy atom.